The Hall–Kier alpha value is -3.55. The number of urea groups is 1. The lowest BCUT2D eigenvalue weighted by molar-refractivity contribution is -0.137. The summed E-state index contributed by atoms with van der Waals surface area (Å²) in [5.41, 5.74) is 0.489. The van der Waals surface area contributed by atoms with Gasteiger partial charge in [0.05, 0.1) is 0 Å². The zero-order valence-corrected chi connectivity index (χ0v) is 16.4. The standard InChI is InChI=1S/C21H25N3O5/c1-21(2,12-11-19(26)27)24-20(28)23-16-9-6-10-17(13-16)29-14-18(25)22-15-7-4-3-5-8-15/h3-10,13H,11-12,14H2,1-2H3,(H,22,25)(H,26,27)(H2,23,24,28). The molecule has 29 heavy (non-hydrogen) atoms. The molecule has 0 bridgehead atoms. The van der Waals surface area contributed by atoms with Crippen molar-refractivity contribution in [2.45, 2.75) is 32.2 Å². The summed E-state index contributed by atoms with van der Waals surface area (Å²) in [4.78, 5) is 34.8. The second kappa shape index (κ2) is 10.1. The number of aliphatic carboxylic acids is 1. The quantitative estimate of drug-likeness (QED) is 0.515. The number of benzene rings is 2. The molecule has 0 saturated carbocycles. The van der Waals surface area contributed by atoms with Crippen molar-refractivity contribution < 1.29 is 24.2 Å². The minimum absolute atomic E-state index is 0.0400. The van der Waals surface area contributed by atoms with Crippen LogP contribution in [0.4, 0.5) is 16.2 Å². The number of carboxylic acid groups (broad SMARTS) is 1. The Morgan fingerprint density at radius 3 is 2.34 bits per heavy atom. The summed E-state index contributed by atoms with van der Waals surface area (Å²) in [7, 11) is 0. The largest absolute Gasteiger partial charge is 0.484 e. The van der Waals surface area contributed by atoms with Crippen molar-refractivity contribution >= 4 is 29.3 Å². The number of anilines is 2. The van der Waals surface area contributed by atoms with Crippen molar-refractivity contribution in [3.05, 3.63) is 54.6 Å². The summed E-state index contributed by atoms with van der Waals surface area (Å²) >= 11 is 0. The lowest BCUT2D eigenvalue weighted by atomic mass is 9.99. The molecule has 0 heterocycles. The lowest BCUT2D eigenvalue weighted by Crippen LogP contribution is -2.45. The van der Waals surface area contributed by atoms with Crippen molar-refractivity contribution in [1.82, 2.24) is 5.32 Å². The van der Waals surface area contributed by atoms with E-state index >= 15 is 0 Å². The third-order valence-corrected chi connectivity index (χ3v) is 3.94. The highest BCUT2D eigenvalue weighted by atomic mass is 16.5. The monoisotopic (exact) mass is 399 g/mol. The molecule has 0 fully saturated rings. The highest BCUT2D eigenvalue weighted by Crippen LogP contribution is 2.18. The maximum Gasteiger partial charge on any atom is 0.319 e. The number of para-hydroxylation sites is 1. The molecule has 154 valence electrons. The molecule has 2 aromatic rings. The van der Waals surface area contributed by atoms with Crippen LogP contribution in [0.15, 0.2) is 54.6 Å². The van der Waals surface area contributed by atoms with Crippen LogP contribution in [0.1, 0.15) is 26.7 Å². The third-order valence-electron chi connectivity index (χ3n) is 3.94. The molecular formula is C21H25N3O5. The Kier molecular flexibility index (Phi) is 7.59. The Bertz CT molecular complexity index is 852. The zero-order valence-electron chi connectivity index (χ0n) is 16.4. The van der Waals surface area contributed by atoms with Gasteiger partial charge < -0.3 is 25.8 Å². The maximum absolute atomic E-state index is 12.2. The predicted molar refractivity (Wildman–Crippen MR) is 110 cm³/mol. The average molecular weight is 399 g/mol. The number of rotatable bonds is 9. The number of amides is 3. The van der Waals surface area contributed by atoms with Gasteiger partial charge in [-0.2, -0.15) is 0 Å². The molecule has 8 heteroatoms. The van der Waals surface area contributed by atoms with Crippen molar-refractivity contribution in [2.75, 3.05) is 17.2 Å². The molecule has 2 rings (SSSR count). The molecule has 0 aliphatic heterocycles. The summed E-state index contributed by atoms with van der Waals surface area (Å²) in [5, 5.41) is 16.9. The number of nitrogens with one attached hydrogen (secondary N) is 3. The van der Waals surface area contributed by atoms with Crippen LogP contribution in [0.3, 0.4) is 0 Å². The number of hydrogen-bond donors (Lipinski definition) is 4. The molecule has 0 unspecified atom stereocenters. The van der Waals surface area contributed by atoms with Crippen LogP contribution in [0.5, 0.6) is 5.75 Å². The van der Waals surface area contributed by atoms with E-state index in [9.17, 15) is 14.4 Å². The van der Waals surface area contributed by atoms with Crippen LogP contribution in [-0.4, -0.2) is 35.2 Å². The van der Waals surface area contributed by atoms with Crippen molar-refractivity contribution in [2.24, 2.45) is 0 Å². The minimum atomic E-state index is -0.915. The van der Waals surface area contributed by atoms with Crippen LogP contribution in [0.2, 0.25) is 0 Å². The van der Waals surface area contributed by atoms with Crippen LogP contribution in [-0.2, 0) is 9.59 Å². The second-order valence-corrected chi connectivity index (χ2v) is 7.09. The molecule has 3 amide bonds. The predicted octanol–water partition coefficient (Wildman–Crippen LogP) is 3.47. The van der Waals surface area contributed by atoms with Crippen LogP contribution >= 0.6 is 0 Å². The Labute approximate surface area is 169 Å². The van der Waals surface area contributed by atoms with E-state index in [-0.39, 0.29) is 18.9 Å². The van der Waals surface area contributed by atoms with E-state index in [0.717, 1.165) is 0 Å². The minimum Gasteiger partial charge on any atom is -0.484 e. The topological polar surface area (TPSA) is 117 Å². The highest BCUT2D eigenvalue weighted by molar-refractivity contribution is 5.92. The summed E-state index contributed by atoms with van der Waals surface area (Å²) in [6.07, 6.45) is 0.261. The van der Waals surface area contributed by atoms with Gasteiger partial charge in [0.2, 0.25) is 0 Å². The number of carbonyl (C=O) groups excluding carboxylic acids is 2. The first-order valence-electron chi connectivity index (χ1n) is 9.12. The Morgan fingerprint density at radius 1 is 0.966 bits per heavy atom. The molecule has 8 nitrogen and oxygen atoms in total. The first kappa shape index (κ1) is 21.7. The highest BCUT2D eigenvalue weighted by Gasteiger charge is 2.21. The van der Waals surface area contributed by atoms with Gasteiger partial charge >= 0.3 is 12.0 Å². The third kappa shape index (κ3) is 8.34. The van der Waals surface area contributed by atoms with Gasteiger partial charge in [0.15, 0.2) is 6.61 Å². The van der Waals surface area contributed by atoms with Crippen molar-refractivity contribution in [3.8, 4) is 5.75 Å². The summed E-state index contributed by atoms with van der Waals surface area (Å²) in [6.45, 7) is 3.33. The van der Waals surface area contributed by atoms with E-state index in [1.54, 1.807) is 50.2 Å². The van der Waals surface area contributed by atoms with E-state index in [1.807, 2.05) is 18.2 Å². The van der Waals surface area contributed by atoms with Gasteiger partial charge in [0.1, 0.15) is 5.75 Å². The number of hydrogen-bond acceptors (Lipinski definition) is 4. The van der Waals surface area contributed by atoms with Crippen molar-refractivity contribution in [1.29, 1.82) is 0 Å². The van der Waals surface area contributed by atoms with Crippen molar-refractivity contribution in [3.63, 3.8) is 0 Å². The van der Waals surface area contributed by atoms with E-state index in [4.69, 9.17) is 9.84 Å². The van der Waals surface area contributed by atoms with Crippen LogP contribution < -0.4 is 20.7 Å². The smallest absolute Gasteiger partial charge is 0.319 e. The fourth-order valence-electron chi connectivity index (χ4n) is 2.48. The maximum atomic E-state index is 12.2. The van der Waals surface area contributed by atoms with Gasteiger partial charge in [-0.25, -0.2) is 4.79 Å². The first-order chi connectivity index (χ1) is 13.7. The molecule has 0 radical (unpaired) electrons. The zero-order chi connectivity index (χ0) is 21.3. The molecule has 4 N–H and O–H groups in total. The van der Waals surface area contributed by atoms with Gasteiger partial charge in [-0.1, -0.05) is 24.3 Å². The molecule has 0 atom stereocenters. The number of ether oxygens (including phenoxy) is 1. The van der Waals surface area contributed by atoms with Gasteiger partial charge in [-0.15, -0.1) is 0 Å². The van der Waals surface area contributed by atoms with Gasteiger partial charge in [0.25, 0.3) is 5.91 Å². The Morgan fingerprint density at radius 2 is 1.66 bits per heavy atom. The fourth-order valence-corrected chi connectivity index (χ4v) is 2.48. The summed E-state index contributed by atoms with van der Waals surface area (Å²) < 4.78 is 5.48. The second-order valence-electron chi connectivity index (χ2n) is 7.09. The summed E-state index contributed by atoms with van der Waals surface area (Å²) in [5.74, 6) is -0.787. The lowest BCUT2D eigenvalue weighted by Gasteiger charge is -2.25. The SMILES string of the molecule is CC(C)(CCC(=O)O)NC(=O)Nc1cccc(OCC(=O)Nc2ccccc2)c1. The van der Waals surface area contributed by atoms with E-state index in [1.165, 1.54) is 0 Å². The van der Waals surface area contributed by atoms with Gasteiger partial charge in [0, 0.05) is 29.4 Å². The van der Waals surface area contributed by atoms with E-state index < -0.39 is 17.5 Å². The molecule has 0 spiro atoms. The number of carboxylic acids is 1. The molecule has 2 aromatic carbocycles. The molecule has 0 saturated heterocycles. The van der Waals surface area contributed by atoms with Gasteiger partial charge in [-0.05, 0) is 44.5 Å². The van der Waals surface area contributed by atoms with Crippen LogP contribution in [0, 0.1) is 0 Å². The van der Waals surface area contributed by atoms with E-state index in [2.05, 4.69) is 16.0 Å². The normalized spacial score (nSPS) is 10.7. The summed E-state index contributed by atoms with van der Waals surface area (Å²) in [6, 6.07) is 15.2. The van der Waals surface area contributed by atoms with Gasteiger partial charge in [-0.3, -0.25) is 9.59 Å². The fraction of sp³-hybridized carbons (Fsp3) is 0.286. The van der Waals surface area contributed by atoms with E-state index in [0.29, 0.717) is 23.5 Å². The molecule has 0 aromatic heterocycles. The number of carbonyl (C=O) groups is 3. The van der Waals surface area contributed by atoms with Crippen LogP contribution in [0.25, 0.3) is 0 Å². The molecule has 0 aliphatic rings. The molecular weight excluding hydrogens is 374 g/mol. The Balaban J connectivity index is 1.84. The first-order valence-corrected chi connectivity index (χ1v) is 9.12. The molecule has 0 aliphatic carbocycles. The average Bonchev–Trinajstić information content (AvgIpc) is 2.65.